The number of aromatic nitrogens is 1. The monoisotopic (exact) mass is 360 g/mol. The molecule has 0 saturated carbocycles. The van der Waals surface area contributed by atoms with Crippen molar-refractivity contribution in [3.63, 3.8) is 0 Å². The minimum absolute atomic E-state index is 0.208. The fourth-order valence-electron chi connectivity index (χ4n) is 2.51. The lowest BCUT2D eigenvalue weighted by Crippen LogP contribution is -2.31. The average molecular weight is 361 g/mol. The van der Waals surface area contributed by atoms with Gasteiger partial charge in [0, 0.05) is 27.3 Å². The summed E-state index contributed by atoms with van der Waals surface area (Å²) in [5, 5.41) is 4.99. The van der Waals surface area contributed by atoms with Gasteiger partial charge in [-0.1, -0.05) is 41.4 Å². The molecule has 0 fully saturated rings. The van der Waals surface area contributed by atoms with Gasteiger partial charge in [0.1, 0.15) is 6.04 Å². The number of benzene rings is 2. The number of carbonyl (C=O) groups excluding carboxylic acids is 1. The molecule has 3 rings (SSSR count). The summed E-state index contributed by atoms with van der Waals surface area (Å²) >= 11 is 11.9. The molecular formula is C18H14Cl2N2O2. The van der Waals surface area contributed by atoms with Crippen LogP contribution in [0.1, 0.15) is 13.0 Å². The Bertz CT molecular complexity index is 962. The highest BCUT2D eigenvalue weighted by Gasteiger charge is 2.17. The number of fused-ring (bicyclic) bond motifs is 1. The van der Waals surface area contributed by atoms with Crippen LogP contribution in [0.25, 0.3) is 10.8 Å². The molecule has 4 nitrogen and oxygen atoms in total. The molecule has 1 aromatic heterocycles. The first kappa shape index (κ1) is 16.6. The maximum Gasteiger partial charge on any atom is 0.259 e. The summed E-state index contributed by atoms with van der Waals surface area (Å²) in [7, 11) is 0. The predicted molar refractivity (Wildman–Crippen MR) is 98.0 cm³/mol. The number of anilines is 1. The molecule has 0 radical (unpaired) electrons. The van der Waals surface area contributed by atoms with Crippen molar-refractivity contribution in [2.24, 2.45) is 0 Å². The minimum atomic E-state index is -0.681. The molecule has 24 heavy (non-hydrogen) atoms. The van der Waals surface area contributed by atoms with Crippen LogP contribution in [0.4, 0.5) is 5.69 Å². The predicted octanol–water partition coefficient (Wildman–Crippen LogP) is 4.51. The Morgan fingerprint density at radius 2 is 1.75 bits per heavy atom. The summed E-state index contributed by atoms with van der Waals surface area (Å²) in [6.07, 6.45) is 1.62. The number of hydrogen-bond donors (Lipinski definition) is 1. The summed E-state index contributed by atoms with van der Waals surface area (Å²) in [5.41, 5.74) is 0.276. The lowest BCUT2D eigenvalue weighted by Gasteiger charge is -2.16. The third kappa shape index (κ3) is 3.30. The van der Waals surface area contributed by atoms with E-state index in [0.717, 1.165) is 5.39 Å². The Hall–Kier alpha value is -2.30. The minimum Gasteiger partial charge on any atom is -0.324 e. The van der Waals surface area contributed by atoms with E-state index in [2.05, 4.69) is 5.32 Å². The summed E-state index contributed by atoms with van der Waals surface area (Å²) in [6.45, 7) is 1.66. The molecule has 1 unspecified atom stereocenters. The molecule has 2 aromatic carbocycles. The number of halogens is 2. The molecule has 0 spiro atoms. The van der Waals surface area contributed by atoms with Crippen molar-refractivity contribution < 1.29 is 4.79 Å². The van der Waals surface area contributed by atoms with Crippen molar-refractivity contribution >= 4 is 45.6 Å². The summed E-state index contributed by atoms with van der Waals surface area (Å²) in [4.78, 5) is 25.0. The van der Waals surface area contributed by atoms with E-state index in [-0.39, 0.29) is 11.5 Å². The van der Waals surface area contributed by atoms with Crippen molar-refractivity contribution in [1.29, 1.82) is 0 Å². The zero-order valence-corrected chi connectivity index (χ0v) is 14.3. The fourth-order valence-corrected chi connectivity index (χ4v) is 3.03. The van der Waals surface area contributed by atoms with Gasteiger partial charge in [0.2, 0.25) is 5.91 Å². The molecule has 0 bridgehead atoms. The maximum atomic E-state index is 12.6. The fraction of sp³-hybridized carbons (Fsp3) is 0.111. The number of rotatable bonds is 3. The van der Waals surface area contributed by atoms with Gasteiger partial charge in [-0.15, -0.1) is 0 Å². The Kier molecular flexibility index (Phi) is 4.60. The smallest absolute Gasteiger partial charge is 0.259 e. The maximum absolute atomic E-state index is 12.6. The van der Waals surface area contributed by atoms with E-state index in [1.165, 1.54) is 4.57 Å². The van der Waals surface area contributed by atoms with Crippen LogP contribution in [0, 0.1) is 0 Å². The van der Waals surface area contributed by atoms with E-state index in [4.69, 9.17) is 23.2 Å². The Balaban J connectivity index is 1.91. The van der Waals surface area contributed by atoms with Crippen LogP contribution in [-0.2, 0) is 4.79 Å². The Morgan fingerprint density at radius 1 is 1.08 bits per heavy atom. The van der Waals surface area contributed by atoms with E-state index >= 15 is 0 Å². The van der Waals surface area contributed by atoms with Crippen LogP contribution >= 0.6 is 23.2 Å². The zero-order chi connectivity index (χ0) is 17.3. The number of nitrogens with one attached hydrogen (secondary N) is 1. The lowest BCUT2D eigenvalue weighted by atomic mass is 10.1. The summed E-state index contributed by atoms with van der Waals surface area (Å²) in [6, 6.07) is 13.2. The molecule has 0 saturated heterocycles. The number of nitrogens with zero attached hydrogens (tertiary/aromatic N) is 1. The van der Waals surface area contributed by atoms with E-state index in [0.29, 0.717) is 21.1 Å². The standard InChI is InChI=1S/C18H14Cl2N2O2/c1-11(17(23)21-15-9-13(19)8-14(20)10-15)22-7-6-12-4-2-3-5-16(12)18(22)24/h2-11H,1H3,(H,21,23). The highest BCUT2D eigenvalue weighted by atomic mass is 35.5. The lowest BCUT2D eigenvalue weighted by molar-refractivity contribution is -0.118. The molecule has 122 valence electrons. The van der Waals surface area contributed by atoms with Crippen LogP contribution in [-0.4, -0.2) is 10.5 Å². The Morgan fingerprint density at radius 3 is 2.46 bits per heavy atom. The number of carbonyl (C=O) groups is 1. The summed E-state index contributed by atoms with van der Waals surface area (Å²) < 4.78 is 1.41. The van der Waals surface area contributed by atoms with Crippen molar-refractivity contribution in [2.45, 2.75) is 13.0 Å². The quantitative estimate of drug-likeness (QED) is 0.746. The average Bonchev–Trinajstić information content (AvgIpc) is 2.54. The molecule has 6 heteroatoms. The van der Waals surface area contributed by atoms with Gasteiger partial charge in [-0.2, -0.15) is 0 Å². The topological polar surface area (TPSA) is 51.1 Å². The van der Waals surface area contributed by atoms with E-state index in [1.807, 2.05) is 18.2 Å². The van der Waals surface area contributed by atoms with Crippen LogP contribution in [0.2, 0.25) is 10.0 Å². The van der Waals surface area contributed by atoms with E-state index in [1.54, 1.807) is 43.5 Å². The second-order valence-corrected chi connectivity index (χ2v) is 6.31. The van der Waals surface area contributed by atoms with Gasteiger partial charge in [0.25, 0.3) is 5.56 Å². The van der Waals surface area contributed by atoms with Crippen LogP contribution in [0.5, 0.6) is 0 Å². The highest BCUT2D eigenvalue weighted by Crippen LogP contribution is 2.23. The largest absolute Gasteiger partial charge is 0.324 e. The van der Waals surface area contributed by atoms with Crippen molar-refractivity contribution in [1.82, 2.24) is 4.57 Å². The van der Waals surface area contributed by atoms with Gasteiger partial charge in [-0.3, -0.25) is 9.59 Å². The molecule has 0 aliphatic heterocycles. The SMILES string of the molecule is CC(C(=O)Nc1cc(Cl)cc(Cl)c1)n1ccc2ccccc2c1=O. The van der Waals surface area contributed by atoms with Crippen LogP contribution < -0.4 is 10.9 Å². The van der Waals surface area contributed by atoms with Crippen molar-refractivity contribution in [3.05, 3.63) is 75.1 Å². The first-order valence-electron chi connectivity index (χ1n) is 7.32. The second-order valence-electron chi connectivity index (χ2n) is 5.44. The molecule has 1 atom stereocenters. The second kappa shape index (κ2) is 6.67. The van der Waals surface area contributed by atoms with Gasteiger partial charge >= 0.3 is 0 Å². The van der Waals surface area contributed by atoms with Crippen molar-refractivity contribution in [3.8, 4) is 0 Å². The third-order valence-electron chi connectivity index (χ3n) is 3.77. The van der Waals surface area contributed by atoms with E-state index < -0.39 is 6.04 Å². The van der Waals surface area contributed by atoms with Gasteiger partial charge in [0.05, 0.1) is 0 Å². The Labute approximate surface area is 148 Å². The van der Waals surface area contributed by atoms with Gasteiger partial charge in [-0.05, 0) is 42.6 Å². The molecule has 0 aliphatic rings. The number of amides is 1. The van der Waals surface area contributed by atoms with Gasteiger partial charge in [-0.25, -0.2) is 0 Å². The number of pyridine rings is 1. The molecule has 3 aromatic rings. The zero-order valence-electron chi connectivity index (χ0n) is 12.8. The van der Waals surface area contributed by atoms with Crippen molar-refractivity contribution in [2.75, 3.05) is 5.32 Å². The molecule has 1 amide bonds. The highest BCUT2D eigenvalue weighted by molar-refractivity contribution is 6.35. The van der Waals surface area contributed by atoms with Gasteiger partial charge in [0.15, 0.2) is 0 Å². The third-order valence-corrected chi connectivity index (χ3v) is 4.20. The van der Waals surface area contributed by atoms with E-state index in [9.17, 15) is 9.59 Å². The van der Waals surface area contributed by atoms with Crippen LogP contribution in [0.3, 0.4) is 0 Å². The normalized spacial score (nSPS) is 12.1. The molecule has 1 heterocycles. The van der Waals surface area contributed by atoms with Gasteiger partial charge < -0.3 is 9.88 Å². The molecule has 0 aliphatic carbocycles. The van der Waals surface area contributed by atoms with Crippen LogP contribution in [0.15, 0.2) is 59.5 Å². The summed E-state index contributed by atoms with van der Waals surface area (Å²) in [5.74, 6) is -0.328. The first-order valence-corrected chi connectivity index (χ1v) is 8.08. The first-order chi connectivity index (χ1) is 11.5. The molecular weight excluding hydrogens is 347 g/mol. The molecule has 1 N–H and O–H groups in total. The number of hydrogen-bond acceptors (Lipinski definition) is 2.